The van der Waals surface area contributed by atoms with Crippen LogP contribution in [0.2, 0.25) is 0 Å². The van der Waals surface area contributed by atoms with Gasteiger partial charge in [0.25, 0.3) is 0 Å². The first-order valence-corrected chi connectivity index (χ1v) is 28.3. The van der Waals surface area contributed by atoms with Crippen molar-refractivity contribution >= 4 is 58.4 Å². The standard InChI is InChI=1S/C32H42N3O6.C31H40N3O6.2V/c1-19-26(18-36)35-17-27(19)40-29-24(33-23-13-12-21(39-6)14-25(23)34-29)11-9-7-8-10-20-16-32(20,5)41-28(37)15-22(30(35)38)31(2,3)4;1-18-25(17-35)34-16-27(18)40-29-23(32-22-12-11-20(38-5)14-24(22)33-29)10-8-6-7-9-19-13-26(19)39-28(36)15-21(30(34)37)31(2,3)4;;/h12-14,19-20,22,26-27H,7-11,15-17H2,1-6H3;11-12,14,18-19,21,25-27H,6-10,13,15-16H2,1-5H3;;/q2*-1;;/t19-,20+,22+,26+,27-,32+;18-,19+,21+,25+,26+,27-;;/m00../s1/i9D2,11D2;8D2,10D2;;. The normalized spacial score (nSPS) is 33.7. The van der Waals surface area contributed by atoms with Gasteiger partial charge in [0, 0.05) is 66.1 Å². The van der Waals surface area contributed by atoms with Gasteiger partial charge in [-0.05, 0) is 111 Å². The molecule has 2 aromatic heterocycles. The number of carbonyl (C=O) groups excluding carboxylic acids is 6. The van der Waals surface area contributed by atoms with Gasteiger partial charge in [-0.2, -0.15) is 0 Å². The molecule has 83 heavy (non-hydrogen) atoms. The van der Waals surface area contributed by atoms with Crippen LogP contribution in [-0.4, -0.2) is 129 Å². The van der Waals surface area contributed by atoms with Gasteiger partial charge in [0.2, 0.25) is 23.6 Å². The summed E-state index contributed by atoms with van der Waals surface area (Å²) in [5.74, 6) is -3.87. The van der Waals surface area contributed by atoms with Gasteiger partial charge in [-0.3, -0.25) is 19.2 Å². The average molecular weight is 1230 g/mol. The summed E-state index contributed by atoms with van der Waals surface area (Å²) in [4.78, 5) is 99.8. The van der Waals surface area contributed by atoms with Gasteiger partial charge in [0.05, 0.1) is 74.1 Å². The third kappa shape index (κ3) is 15.0. The Hall–Kier alpha value is -5.29. The third-order valence-electron chi connectivity index (χ3n) is 17.0. The number of carbonyl (C=O) groups is 4. The Labute approximate surface area is 523 Å². The number of hydrogen-bond acceptors (Lipinski definition) is 16. The molecule has 18 nitrogen and oxygen atoms in total. The van der Waals surface area contributed by atoms with Crippen molar-refractivity contribution in [2.24, 2.45) is 46.3 Å². The van der Waals surface area contributed by atoms with Crippen molar-refractivity contribution in [3.63, 3.8) is 0 Å². The summed E-state index contributed by atoms with van der Waals surface area (Å²) in [5, 5.41) is 0. The summed E-state index contributed by atoms with van der Waals surface area (Å²) in [5.41, 5.74) is -1.20. The SMILES string of the molecule is [2H]C1([2H])CCC[C@@H]2C[C@@]2(C)OC(=O)C[C@@H](C(C)(C)C)C(=O)N2C[C@H](Oc3nc4cc(OC)ccc4nc3C1([2H])[2H])[C@@H](C)[C@H]2[C-]=O.[2H]C1([2H])CCC[C@@H]2C[C@H]2OC(=O)C[C@@H](C(C)(C)C)C(=O)N2C[C@H](Oc3nc4cc(OC)ccc4nc3C1([2H])[2H])[C@@H](C)[C@H]2[C-]=O.[V].[V]. The van der Waals surface area contributed by atoms with Crippen molar-refractivity contribution in [2.75, 3.05) is 27.3 Å². The fraction of sp³-hybridized carbons (Fsp3) is 0.651. The Morgan fingerprint density at radius 3 is 1.53 bits per heavy atom. The van der Waals surface area contributed by atoms with Crippen LogP contribution in [0.3, 0.4) is 0 Å². The number of ether oxygens (including phenoxy) is 6. The molecular weight excluding hydrogens is 1130 g/mol. The molecule has 2 saturated carbocycles. The molecule has 4 aromatic rings. The van der Waals surface area contributed by atoms with Gasteiger partial charge in [-0.15, -0.1) is 0 Å². The van der Waals surface area contributed by atoms with Gasteiger partial charge in [0.15, 0.2) is 0 Å². The predicted molar refractivity (Wildman–Crippen MR) is 302 cm³/mol. The van der Waals surface area contributed by atoms with Gasteiger partial charge < -0.3 is 47.8 Å². The predicted octanol–water partition coefficient (Wildman–Crippen LogP) is 9.27. The van der Waals surface area contributed by atoms with Crippen LogP contribution in [0.4, 0.5) is 0 Å². The molecule has 10 rings (SSSR count). The minimum absolute atomic E-state index is 0. The summed E-state index contributed by atoms with van der Waals surface area (Å²) in [6, 6.07) is 7.83. The minimum Gasteiger partial charge on any atom is -0.540 e. The maximum Gasteiger partial charge on any atom is 0.307 e. The van der Waals surface area contributed by atoms with E-state index < -0.39 is 114 Å². The molecule has 4 bridgehead atoms. The fourth-order valence-corrected chi connectivity index (χ4v) is 11.5. The third-order valence-corrected chi connectivity index (χ3v) is 17.0. The Bertz CT molecular complexity index is 3400. The molecule has 12 atom stereocenters. The van der Waals surface area contributed by atoms with Crippen LogP contribution in [-0.2, 0) is 88.1 Å². The van der Waals surface area contributed by atoms with Crippen LogP contribution in [0.5, 0.6) is 23.3 Å². The number of methoxy groups -OCH3 is 2. The Morgan fingerprint density at radius 1 is 0.627 bits per heavy atom. The maximum absolute atomic E-state index is 14.1. The minimum atomic E-state index is -2.63. The van der Waals surface area contributed by atoms with E-state index in [2.05, 4.69) is 19.9 Å². The molecule has 6 heterocycles. The van der Waals surface area contributed by atoms with Gasteiger partial charge >= 0.3 is 11.9 Å². The molecule has 20 heteroatoms. The summed E-state index contributed by atoms with van der Waals surface area (Å²) in [7, 11) is 3.01. The number of esters is 2. The molecule has 2 amide bonds. The first kappa shape index (κ1) is 54.4. The van der Waals surface area contributed by atoms with Crippen LogP contribution < -0.4 is 18.9 Å². The molecule has 2 radical (unpaired) electrons. The molecule has 6 aliphatic rings. The topological polar surface area (TPSA) is 216 Å². The summed E-state index contributed by atoms with van der Waals surface area (Å²) < 4.78 is 106. The Balaban J connectivity index is 0.000000253. The average Bonchev–Trinajstić information content (AvgIpc) is 1.07. The van der Waals surface area contributed by atoms with E-state index >= 15 is 0 Å². The van der Waals surface area contributed by atoms with Crippen molar-refractivity contribution in [3.8, 4) is 23.3 Å². The number of benzene rings is 2. The Kier molecular flexibility index (Phi) is 17.7. The second kappa shape index (κ2) is 27.0. The number of amides is 2. The van der Waals surface area contributed by atoms with Crippen LogP contribution in [0.15, 0.2) is 36.4 Å². The molecule has 2 saturated heterocycles. The van der Waals surface area contributed by atoms with E-state index in [4.69, 9.17) is 39.4 Å². The molecule has 0 N–H and O–H groups in total. The number of hydrogen-bond donors (Lipinski definition) is 0. The van der Waals surface area contributed by atoms with Crippen molar-refractivity contribution in [1.29, 1.82) is 0 Å². The monoisotopic (exact) mass is 1220 g/mol. The van der Waals surface area contributed by atoms with Gasteiger partial charge in [0.1, 0.15) is 46.8 Å². The number of rotatable bonds is 4. The molecular formula is C63H82N6O12V2-2. The molecule has 2 aromatic carbocycles. The smallest absolute Gasteiger partial charge is 0.307 e. The summed E-state index contributed by atoms with van der Waals surface area (Å²) in [6.45, 7) is 16.4. The second-order valence-electron chi connectivity index (χ2n) is 24.9. The quantitative estimate of drug-likeness (QED) is 0.137. The fourth-order valence-electron chi connectivity index (χ4n) is 11.5. The van der Waals surface area contributed by atoms with E-state index in [1.54, 1.807) is 50.2 Å². The molecule has 0 unspecified atom stereocenters. The first-order chi connectivity index (χ1) is 41.5. The van der Waals surface area contributed by atoms with Crippen molar-refractivity contribution in [2.45, 2.75) is 188 Å². The number of aryl methyl sites for hydroxylation is 2. The van der Waals surface area contributed by atoms with Crippen molar-refractivity contribution in [1.82, 2.24) is 29.7 Å². The molecule has 4 aliphatic heterocycles. The van der Waals surface area contributed by atoms with Crippen LogP contribution >= 0.6 is 0 Å². The number of aromatic nitrogens is 4. The summed E-state index contributed by atoms with van der Waals surface area (Å²) in [6.07, 6.45) is -5.40. The zero-order chi connectivity index (χ0) is 65.3. The number of nitrogens with zero attached hydrogens (tertiary/aromatic N) is 6. The van der Waals surface area contributed by atoms with E-state index in [9.17, 15) is 28.8 Å². The zero-order valence-corrected chi connectivity index (χ0v) is 52.1. The van der Waals surface area contributed by atoms with E-state index in [1.807, 2.05) is 61.0 Å². The van der Waals surface area contributed by atoms with E-state index in [1.165, 1.54) is 24.0 Å². The van der Waals surface area contributed by atoms with Crippen molar-refractivity contribution in [3.05, 3.63) is 47.8 Å². The summed E-state index contributed by atoms with van der Waals surface area (Å²) >= 11 is 0. The largest absolute Gasteiger partial charge is 0.540 e. The van der Waals surface area contributed by atoms with E-state index in [0.29, 0.717) is 72.1 Å². The maximum atomic E-state index is 14.1. The van der Waals surface area contributed by atoms with E-state index in [-0.39, 0.29) is 117 Å². The van der Waals surface area contributed by atoms with Crippen LogP contribution in [0, 0.1) is 46.3 Å². The molecule has 448 valence electrons. The molecule has 0 spiro atoms. The zero-order valence-electron chi connectivity index (χ0n) is 57.3. The van der Waals surface area contributed by atoms with Crippen LogP contribution in [0.25, 0.3) is 22.1 Å². The first-order valence-electron chi connectivity index (χ1n) is 32.3. The number of fused-ring (bicyclic) bond motifs is 10. The molecule has 2 aliphatic carbocycles. The van der Waals surface area contributed by atoms with Crippen LogP contribution in [0.1, 0.15) is 162 Å². The van der Waals surface area contributed by atoms with E-state index in [0.717, 1.165) is 0 Å². The van der Waals surface area contributed by atoms with Gasteiger partial charge in [-0.1, -0.05) is 93.2 Å². The molecule has 4 fully saturated rings. The van der Waals surface area contributed by atoms with Gasteiger partial charge in [-0.25, -0.2) is 32.5 Å². The second-order valence-corrected chi connectivity index (χ2v) is 24.9. The van der Waals surface area contributed by atoms with Crippen molar-refractivity contribution < 1.29 is 105 Å². The Morgan fingerprint density at radius 2 is 1.08 bits per heavy atom.